The third-order valence-corrected chi connectivity index (χ3v) is 3.28. The molecule has 0 spiro atoms. The van der Waals surface area contributed by atoms with E-state index in [1.807, 2.05) is 0 Å². The number of hydrogen-bond acceptors (Lipinski definition) is 3. The molecule has 96 valence electrons. The van der Waals surface area contributed by atoms with Gasteiger partial charge in [-0.15, -0.1) is 0 Å². The van der Waals surface area contributed by atoms with Crippen molar-refractivity contribution in [2.45, 2.75) is 19.4 Å². The van der Waals surface area contributed by atoms with Gasteiger partial charge in [-0.2, -0.15) is 0 Å². The molecule has 1 N–H and O–H groups in total. The van der Waals surface area contributed by atoms with Crippen molar-refractivity contribution in [2.24, 2.45) is 0 Å². The van der Waals surface area contributed by atoms with Gasteiger partial charge in [0, 0.05) is 25.5 Å². The summed E-state index contributed by atoms with van der Waals surface area (Å²) < 4.78 is 0. The van der Waals surface area contributed by atoms with E-state index in [1.54, 1.807) is 24.9 Å². The van der Waals surface area contributed by atoms with Crippen molar-refractivity contribution in [2.75, 3.05) is 13.6 Å². The maximum atomic E-state index is 12.0. The molecule has 1 fully saturated rings. The summed E-state index contributed by atoms with van der Waals surface area (Å²) in [5.41, 5.74) is 1.04. The Balaban J connectivity index is 2.11. The van der Waals surface area contributed by atoms with Crippen molar-refractivity contribution in [3.05, 3.63) is 28.5 Å². The van der Waals surface area contributed by atoms with E-state index < -0.39 is 6.04 Å². The molecule has 1 aliphatic heterocycles. The fourth-order valence-corrected chi connectivity index (χ4v) is 2.18. The highest BCUT2D eigenvalue weighted by molar-refractivity contribution is 6.33. The van der Waals surface area contributed by atoms with Gasteiger partial charge in [-0.1, -0.05) is 11.6 Å². The van der Waals surface area contributed by atoms with Gasteiger partial charge >= 0.3 is 0 Å². The molecule has 5 nitrogen and oxygen atoms in total. The Morgan fingerprint density at radius 1 is 1.61 bits per heavy atom. The topological polar surface area (TPSA) is 62.3 Å². The molecule has 0 radical (unpaired) electrons. The number of likely N-dealkylation sites (tertiary alicyclic amines) is 1. The fourth-order valence-electron chi connectivity index (χ4n) is 1.89. The minimum absolute atomic E-state index is 0.0699. The molecule has 1 unspecified atom stereocenters. The van der Waals surface area contributed by atoms with E-state index in [9.17, 15) is 9.59 Å². The van der Waals surface area contributed by atoms with E-state index in [0.29, 0.717) is 23.6 Å². The minimum Gasteiger partial charge on any atom is -0.344 e. The van der Waals surface area contributed by atoms with Crippen LogP contribution in [0.15, 0.2) is 12.3 Å². The molecule has 6 heteroatoms. The largest absolute Gasteiger partial charge is 0.344 e. The summed E-state index contributed by atoms with van der Waals surface area (Å²) in [7, 11) is 1.72. The molecular weight excluding hydrogens is 254 g/mol. The Hall–Kier alpha value is -1.62. The summed E-state index contributed by atoms with van der Waals surface area (Å²) in [6, 6.07) is 1.17. The highest BCUT2D eigenvalue weighted by atomic mass is 35.5. The second-order valence-electron chi connectivity index (χ2n) is 4.38. The fraction of sp³-hybridized carbons (Fsp3) is 0.417. The van der Waals surface area contributed by atoms with Gasteiger partial charge in [-0.3, -0.25) is 14.6 Å². The molecule has 1 atom stereocenters. The lowest BCUT2D eigenvalue weighted by Crippen LogP contribution is -2.40. The van der Waals surface area contributed by atoms with Gasteiger partial charge in [0.25, 0.3) is 5.91 Å². The molecule has 18 heavy (non-hydrogen) atoms. The molecule has 0 bridgehead atoms. The second-order valence-corrected chi connectivity index (χ2v) is 4.79. The highest BCUT2D eigenvalue weighted by Crippen LogP contribution is 2.16. The summed E-state index contributed by atoms with van der Waals surface area (Å²) in [6.07, 6.45) is 2.05. The number of nitrogens with zero attached hydrogens (tertiary/aromatic N) is 2. The number of pyridine rings is 1. The molecule has 1 aromatic rings. The van der Waals surface area contributed by atoms with Crippen LogP contribution >= 0.6 is 11.6 Å². The van der Waals surface area contributed by atoms with Crippen LogP contribution in [0.4, 0.5) is 0 Å². The van der Waals surface area contributed by atoms with Gasteiger partial charge in [-0.25, -0.2) is 0 Å². The van der Waals surface area contributed by atoms with Crippen molar-refractivity contribution >= 4 is 23.4 Å². The van der Waals surface area contributed by atoms with E-state index >= 15 is 0 Å². The number of aryl methyl sites for hydroxylation is 1. The van der Waals surface area contributed by atoms with Crippen LogP contribution < -0.4 is 5.32 Å². The first-order chi connectivity index (χ1) is 8.49. The summed E-state index contributed by atoms with van der Waals surface area (Å²) in [6.45, 7) is 2.45. The number of halogens is 1. The first kappa shape index (κ1) is 12.8. The first-order valence-corrected chi connectivity index (χ1v) is 6.05. The van der Waals surface area contributed by atoms with Crippen molar-refractivity contribution in [3.63, 3.8) is 0 Å². The van der Waals surface area contributed by atoms with Gasteiger partial charge < -0.3 is 10.2 Å². The van der Waals surface area contributed by atoms with Crippen LogP contribution in [0.5, 0.6) is 0 Å². The summed E-state index contributed by atoms with van der Waals surface area (Å²) in [4.78, 5) is 29.3. The van der Waals surface area contributed by atoms with Gasteiger partial charge in [0.15, 0.2) is 0 Å². The number of rotatable bonds is 2. The van der Waals surface area contributed by atoms with Gasteiger partial charge in [0.05, 0.1) is 10.6 Å². The number of aromatic nitrogens is 1. The van der Waals surface area contributed by atoms with E-state index in [2.05, 4.69) is 10.3 Å². The molecule has 0 saturated carbocycles. The quantitative estimate of drug-likeness (QED) is 0.870. The Bertz CT molecular complexity index is 504. The number of amides is 2. The van der Waals surface area contributed by atoms with Crippen molar-refractivity contribution in [3.8, 4) is 0 Å². The van der Waals surface area contributed by atoms with E-state index in [0.717, 1.165) is 5.69 Å². The molecule has 0 aliphatic carbocycles. The van der Waals surface area contributed by atoms with Gasteiger partial charge in [-0.05, 0) is 19.4 Å². The molecule has 1 aromatic heterocycles. The van der Waals surface area contributed by atoms with Crippen LogP contribution in [0.1, 0.15) is 22.5 Å². The van der Waals surface area contributed by atoms with Gasteiger partial charge in [0.1, 0.15) is 6.04 Å². The third-order valence-electron chi connectivity index (χ3n) is 2.97. The average Bonchev–Trinajstić information content (AvgIpc) is 2.61. The van der Waals surface area contributed by atoms with E-state index in [4.69, 9.17) is 11.6 Å². The zero-order chi connectivity index (χ0) is 13.3. The predicted octanol–water partition coefficient (Wildman–Crippen LogP) is 1.00. The van der Waals surface area contributed by atoms with Crippen LogP contribution in [-0.4, -0.2) is 41.3 Å². The highest BCUT2D eigenvalue weighted by Gasteiger charge is 2.30. The Morgan fingerprint density at radius 3 is 2.89 bits per heavy atom. The molecular formula is C12H14ClN3O2. The van der Waals surface area contributed by atoms with Crippen LogP contribution in [0, 0.1) is 6.92 Å². The lowest BCUT2D eigenvalue weighted by atomic mass is 10.2. The number of likely N-dealkylation sites (N-methyl/N-ethyl adjacent to an activating group) is 1. The molecule has 1 aliphatic rings. The van der Waals surface area contributed by atoms with E-state index in [1.165, 1.54) is 6.20 Å². The standard InChI is InChI=1S/C12H14ClN3O2/c1-7-5-9(13)8(6-14-7)11(17)15-10-3-4-16(2)12(10)18/h5-6,10H,3-4H2,1-2H3,(H,15,17). The van der Waals surface area contributed by atoms with Crippen molar-refractivity contribution < 1.29 is 9.59 Å². The Kier molecular flexibility index (Phi) is 3.52. The molecule has 1 saturated heterocycles. The third kappa shape index (κ3) is 2.46. The predicted molar refractivity (Wildman–Crippen MR) is 67.5 cm³/mol. The van der Waals surface area contributed by atoms with Crippen molar-refractivity contribution in [1.82, 2.24) is 15.2 Å². The molecule has 2 amide bonds. The smallest absolute Gasteiger partial charge is 0.255 e. The first-order valence-electron chi connectivity index (χ1n) is 5.67. The van der Waals surface area contributed by atoms with E-state index in [-0.39, 0.29) is 11.8 Å². The zero-order valence-corrected chi connectivity index (χ0v) is 11.0. The number of nitrogens with one attached hydrogen (secondary N) is 1. The van der Waals surface area contributed by atoms with Crippen LogP contribution in [0.2, 0.25) is 5.02 Å². The lowest BCUT2D eigenvalue weighted by Gasteiger charge is -2.12. The normalized spacial score (nSPS) is 19.2. The van der Waals surface area contributed by atoms with Crippen LogP contribution in [0.3, 0.4) is 0 Å². The van der Waals surface area contributed by atoms with Crippen molar-refractivity contribution in [1.29, 1.82) is 0 Å². The summed E-state index contributed by atoms with van der Waals surface area (Å²) in [5, 5.41) is 3.03. The minimum atomic E-state index is -0.458. The maximum Gasteiger partial charge on any atom is 0.255 e. The van der Waals surface area contributed by atoms with Crippen LogP contribution in [0.25, 0.3) is 0 Å². The maximum absolute atomic E-state index is 12.0. The Labute approximate surface area is 110 Å². The number of hydrogen-bond donors (Lipinski definition) is 1. The molecule has 0 aromatic carbocycles. The number of carbonyl (C=O) groups excluding carboxylic acids is 2. The summed E-state index contributed by atoms with van der Waals surface area (Å²) >= 11 is 5.98. The SMILES string of the molecule is Cc1cc(Cl)c(C(=O)NC2CCN(C)C2=O)cn1. The monoisotopic (exact) mass is 267 g/mol. The van der Waals surface area contributed by atoms with Gasteiger partial charge in [0.2, 0.25) is 5.91 Å². The zero-order valence-electron chi connectivity index (χ0n) is 10.2. The summed E-state index contributed by atoms with van der Waals surface area (Å²) in [5.74, 6) is -0.430. The number of carbonyl (C=O) groups is 2. The average molecular weight is 268 g/mol. The van der Waals surface area contributed by atoms with Crippen LogP contribution in [-0.2, 0) is 4.79 Å². The Morgan fingerprint density at radius 2 is 2.33 bits per heavy atom. The second kappa shape index (κ2) is 4.94. The molecule has 2 rings (SSSR count). The molecule has 2 heterocycles. The lowest BCUT2D eigenvalue weighted by molar-refractivity contribution is -0.128.